The van der Waals surface area contributed by atoms with E-state index in [9.17, 15) is 9.59 Å². The summed E-state index contributed by atoms with van der Waals surface area (Å²) in [5, 5.41) is 0. The van der Waals surface area contributed by atoms with Gasteiger partial charge >= 0.3 is 6.03 Å². The molecule has 0 atom stereocenters. The number of likely N-dealkylation sites (tertiary alicyclic amines) is 1. The number of fused-ring (bicyclic) bond motifs is 3. The second-order valence-corrected chi connectivity index (χ2v) is 10.6. The van der Waals surface area contributed by atoms with Crippen molar-refractivity contribution in [2.45, 2.75) is 64.5 Å². The van der Waals surface area contributed by atoms with Crippen LogP contribution in [0, 0.1) is 0 Å². The van der Waals surface area contributed by atoms with E-state index in [1.807, 2.05) is 46.8 Å². The van der Waals surface area contributed by atoms with E-state index in [2.05, 4.69) is 18.7 Å². The molecule has 3 aliphatic heterocycles. The van der Waals surface area contributed by atoms with Gasteiger partial charge in [-0.2, -0.15) is 0 Å². The molecule has 39 heavy (non-hydrogen) atoms. The summed E-state index contributed by atoms with van der Waals surface area (Å²) >= 11 is 0. The largest absolute Gasteiger partial charge is 0.497 e. The third-order valence-electron chi connectivity index (χ3n) is 8.58. The van der Waals surface area contributed by atoms with Gasteiger partial charge in [-0.15, -0.1) is 0 Å². The molecule has 1 spiro atoms. The maximum absolute atomic E-state index is 13.8. The molecule has 1 aromatic rings. The number of methoxy groups -OCH3 is 2. The smallest absolute Gasteiger partial charge is 0.325 e. The van der Waals surface area contributed by atoms with Crippen LogP contribution in [-0.4, -0.2) is 66.0 Å². The number of carbonyl (C=O) groups is 2. The van der Waals surface area contributed by atoms with E-state index in [4.69, 9.17) is 14.2 Å². The Hall–Kier alpha value is -3.68. The Labute approximate surface area is 231 Å². The lowest BCUT2D eigenvalue weighted by Gasteiger charge is -2.44. The second-order valence-electron chi connectivity index (χ2n) is 10.6. The molecule has 3 amide bonds. The highest BCUT2D eigenvalue weighted by Gasteiger charge is 2.54. The van der Waals surface area contributed by atoms with Crippen LogP contribution in [0.15, 0.2) is 59.7 Å². The zero-order chi connectivity index (χ0) is 27.7. The molecular weight excluding hydrogens is 494 g/mol. The second kappa shape index (κ2) is 10.8. The molecule has 4 aliphatic rings. The van der Waals surface area contributed by atoms with Crippen LogP contribution in [0.1, 0.15) is 57.1 Å². The van der Waals surface area contributed by atoms with Crippen LogP contribution in [0.4, 0.5) is 4.79 Å². The monoisotopic (exact) mass is 533 g/mol. The van der Waals surface area contributed by atoms with Gasteiger partial charge in [0.2, 0.25) is 0 Å². The van der Waals surface area contributed by atoms with Crippen molar-refractivity contribution >= 4 is 11.9 Å². The molecule has 8 heteroatoms. The van der Waals surface area contributed by atoms with E-state index in [1.165, 1.54) is 0 Å². The maximum Gasteiger partial charge on any atom is 0.325 e. The fourth-order valence-corrected chi connectivity index (χ4v) is 6.47. The van der Waals surface area contributed by atoms with Crippen molar-refractivity contribution in [2.75, 3.05) is 33.9 Å². The van der Waals surface area contributed by atoms with Gasteiger partial charge in [0.05, 0.1) is 26.3 Å². The molecular formula is C31H39N3O5. The molecule has 0 unspecified atom stereocenters. The van der Waals surface area contributed by atoms with Gasteiger partial charge in [0.25, 0.3) is 5.91 Å². The minimum absolute atomic E-state index is 0.0115. The first-order valence-corrected chi connectivity index (χ1v) is 13.9. The summed E-state index contributed by atoms with van der Waals surface area (Å²) in [7, 11) is 3.31. The van der Waals surface area contributed by atoms with Gasteiger partial charge in [0.1, 0.15) is 17.3 Å². The summed E-state index contributed by atoms with van der Waals surface area (Å²) in [6.07, 6.45) is 11.1. The SMILES string of the molecule is C=C(OC1=C(C)CCC=C1)C(=O)N1CCC2(CC1)/C1=C/CCc3c(cc(OC)cc3OC)CN1C(=O)N2CC. The number of urea groups is 1. The lowest BCUT2D eigenvalue weighted by atomic mass is 9.82. The van der Waals surface area contributed by atoms with Gasteiger partial charge < -0.3 is 24.0 Å². The fourth-order valence-electron chi connectivity index (χ4n) is 6.47. The van der Waals surface area contributed by atoms with Crippen LogP contribution in [-0.2, 0) is 22.5 Å². The molecule has 0 aromatic heterocycles. The molecule has 1 aliphatic carbocycles. The molecule has 3 heterocycles. The Bertz CT molecular complexity index is 1270. The average molecular weight is 534 g/mol. The van der Waals surface area contributed by atoms with Crippen molar-refractivity contribution in [2.24, 2.45) is 0 Å². The number of rotatable bonds is 6. The summed E-state index contributed by atoms with van der Waals surface area (Å²) in [5.74, 6) is 2.18. The highest BCUT2D eigenvalue weighted by Crippen LogP contribution is 2.46. The van der Waals surface area contributed by atoms with Crippen LogP contribution in [0.3, 0.4) is 0 Å². The number of nitrogens with zero attached hydrogens (tertiary/aromatic N) is 3. The Kier molecular flexibility index (Phi) is 7.47. The zero-order valence-electron chi connectivity index (χ0n) is 23.5. The van der Waals surface area contributed by atoms with Gasteiger partial charge in [0.15, 0.2) is 5.76 Å². The minimum Gasteiger partial charge on any atom is -0.497 e. The Morgan fingerprint density at radius 3 is 2.54 bits per heavy atom. The van der Waals surface area contributed by atoms with Crippen molar-refractivity contribution in [3.63, 3.8) is 0 Å². The molecule has 1 aromatic carbocycles. The number of benzene rings is 1. The number of hydrogen-bond donors (Lipinski definition) is 0. The Morgan fingerprint density at radius 2 is 1.87 bits per heavy atom. The predicted molar refractivity (Wildman–Crippen MR) is 149 cm³/mol. The van der Waals surface area contributed by atoms with Crippen LogP contribution in [0.2, 0.25) is 0 Å². The standard InChI is InChI=1S/C31H39N3O5/c1-6-34-30(36)33-20-23-18-24(37-4)19-27(38-5)25(23)11-9-13-28(33)31(34)14-16-32(17-15-31)29(35)22(3)39-26-12-8-7-10-21(26)2/h8,12-13,18-19H,3,6-7,9-11,14-17,20H2,1-2,4-5H3/b28-13-. The number of piperidine rings is 1. The number of hydrogen-bond acceptors (Lipinski definition) is 5. The van der Waals surface area contributed by atoms with E-state index < -0.39 is 5.54 Å². The normalized spacial score (nSPS) is 21.6. The highest BCUT2D eigenvalue weighted by molar-refractivity contribution is 5.91. The predicted octanol–water partition coefficient (Wildman–Crippen LogP) is 5.31. The fraction of sp³-hybridized carbons (Fsp3) is 0.484. The van der Waals surface area contributed by atoms with Crippen LogP contribution in [0.25, 0.3) is 0 Å². The van der Waals surface area contributed by atoms with Crippen molar-refractivity contribution in [1.82, 2.24) is 14.7 Å². The van der Waals surface area contributed by atoms with Gasteiger partial charge in [-0.25, -0.2) is 4.79 Å². The van der Waals surface area contributed by atoms with Gasteiger partial charge in [-0.3, -0.25) is 9.69 Å². The third kappa shape index (κ3) is 4.70. The van der Waals surface area contributed by atoms with E-state index in [0.29, 0.717) is 44.8 Å². The molecule has 208 valence electrons. The Balaban J connectivity index is 1.36. The number of amides is 3. The van der Waals surface area contributed by atoms with Crippen LogP contribution >= 0.6 is 0 Å². The summed E-state index contributed by atoms with van der Waals surface area (Å²) in [5.41, 5.74) is 3.90. The summed E-state index contributed by atoms with van der Waals surface area (Å²) in [6.45, 7) is 10.1. The van der Waals surface area contributed by atoms with E-state index >= 15 is 0 Å². The molecule has 8 nitrogen and oxygen atoms in total. The van der Waals surface area contributed by atoms with Gasteiger partial charge in [0, 0.05) is 31.4 Å². The quantitative estimate of drug-likeness (QED) is 0.366. The summed E-state index contributed by atoms with van der Waals surface area (Å²) < 4.78 is 17.1. The molecule has 0 saturated carbocycles. The number of likely N-dealkylation sites (N-methyl/N-ethyl adjacent to an activating group) is 1. The lowest BCUT2D eigenvalue weighted by molar-refractivity contribution is -0.132. The van der Waals surface area contributed by atoms with E-state index in [-0.39, 0.29) is 17.7 Å². The number of allylic oxidation sites excluding steroid dienone is 4. The van der Waals surface area contributed by atoms with Gasteiger partial charge in [-0.05, 0) is 81.2 Å². The topological polar surface area (TPSA) is 71.5 Å². The van der Waals surface area contributed by atoms with Crippen molar-refractivity contribution in [1.29, 1.82) is 0 Å². The average Bonchev–Trinajstić information content (AvgIpc) is 3.13. The van der Waals surface area contributed by atoms with Gasteiger partial charge in [-0.1, -0.05) is 18.7 Å². The summed E-state index contributed by atoms with van der Waals surface area (Å²) in [4.78, 5) is 32.8. The number of carbonyl (C=O) groups excluding carboxylic acids is 2. The highest BCUT2D eigenvalue weighted by atomic mass is 16.5. The maximum atomic E-state index is 13.8. The molecule has 2 fully saturated rings. The first-order valence-electron chi connectivity index (χ1n) is 13.9. The Morgan fingerprint density at radius 1 is 1.10 bits per heavy atom. The first-order chi connectivity index (χ1) is 18.8. The van der Waals surface area contributed by atoms with E-state index in [0.717, 1.165) is 59.6 Å². The lowest BCUT2D eigenvalue weighted by Crippen LogP contribution is -2.54. The molecule has 2 saturated heterocycles. The minimum atomic E-state index is -0.434. The third-order valence-corrected chi connectivity index (χ3v) is 8.58. The van der Waals surface area contributed by atoms with Crippen molar-refractivity contribution < 1.29 is 23.8 Å². The van der Waals surface area contributed by atoms with E-state index in [1.54, 1.807) is 14.2 Å². The van der Waals surface area contributed by atoms with Crippen LogP contribution in [0.5, 0.6) is 11.5 Å². The summed E-state index contributed by atoms with van der Waals surface area (Å²) in [6, 6.07) is 3.93. The van der Waals surface area contributed by atoms with Crippen LogP contribution < -0.4 is 9.47 Å². The molecule has 0 radical (unpaired) electrons. The zero-order valence-corrected chi connectivity index (χ0v) is 23.5. The molecule has 0 bridgehead atoms. The van der Waals surface area contributed by atoms with Crippen molar-refractivity contribution in [3.05, 3.63) is 70.9 Å². The number of ether oxygens (including phenoxy) is 3. The molecule has 0 N–H and O–H groups in total. The first kappa shape index (κ1) is 26.9. The molecule has 5 rings (SSSR count). The van der Waals surface area contributed by atoms with Crippen molar-refractivity contribution in [3.8, 4) is 11.5 Å².